The summed E-state index contributed by atoms with van der Waals surface area (Å²) in [4.78, 5) is 12.3. The lowest BCUT2D eigenvalue weighted by atomic mass is 10.1. The second kappa shape index (κ2) is 8.34. The molecule has 0 unspecified atom stereocenters. The number of carbonyl (C=O) groups excluding carboxylic acids is 1. The predicted molar refractivity (Wildman–Crippen MR) is 91.9 cm³/mol. The molecule has 0 bridgehead atoms. The highest BCUT2D eigenvalue weighted by atomic mass is 16.5. The molecule has 0 radical (unpaired) electrons. The molecule has 122 valence electrons. The summed E-state index contributed by atoms with van der Waals surface area (Å²) in [6.45, 7) is 4.50. The number of hydrogen-bond acceptors (Lipinski definition) is 3. The molecule has 0 heterocycles. The van der Waals surface area contributed by atoms with Gasteiger partial charge in [0.1, 0.15) is 5.75 Å². The molecule has 23 heavy (non-hydrogen) atoms. The van der Waals surface area contributed by atoms with Crippen molar-refractivity contribution in [3.8, 4) is 5.75 Å². The first-order chi connectivity index (χ1) is 11.1. The van der Waals surface area contributed by atoms with E-state index in [-0.39, 0.29) is 5.91 Å². The average Bonchev–Trinajstić information content (AvgIpc) is 2.56. The normalized spacial score (nSPS) is 11.8. The second-order valence-electron chi connectivity index (χ2n) is 5.48. The number of aliphatic hydroxyl groups excluding tert-OH is 1. The Bertz CT molecular complexity index is 635. The highest BCUT2D eigenvalue weighted by Gasteiger charge is 2.08. The first-order valence-electron chi connectivity index (χ1n) is 7.92. The van der Waals surface area contributed by atoms with E-state index in [4.69, 9.17) is 4.74 Å². The van der Waals surface area contributed by atoms with Crippen LogP contribution in [-0.2, 0) is 0 Å². The molecule has 2 aromatic rings. The Morgan fingerprint density at radius 2 is 1.96 bits per heavy atom. The molecule has 2 rings (SSSR count). The second-order valence-corrected chi connectivity index (χ2v) is 5.48. The van der Waals surface area contributed by atoms with Crippen LogP contribution in [0.25, 0.3) is 0 Å². The van der Waals surface area contributed by atoms with E-state index in [0.717, 1.165) is 24.2 Å². The Labute approximate surface area is 137 Å². The van der Waals surface area contributed by atoms with Crippen LogP contribution in [0.2, 0.25) is 0 Å². The van der Waals surface area contributed by atoms with Gasteiger partial charge in [-0.2, -0.15) is 0 Å². The van der Waals surface area contributed by atoms with Crippen LogP contribution in [0.3, 0.4) is 0 Å². The van der Waals surface area contributed by atoms with Crippen LogP contribution < -0.4 is 10.1 Å². The lowest BCUT2D eigenvalue weighted by molar-refractivity contribution is 0.102. The third kappa shape index (κ3) is 5.11. The van der Waals surface area contributed by atoms with Gasteiger partial charge in [0.2, 0.25) is 0 Å². The van der Waals surface area contributed by atoms with E-state index < -0.39 is 6.10 Å². The van der Waals surface area contributed by atoms with Gasteiger partial charge < -0.3 is 15.2 Å². The van der Waals surface area contributed by atoms with E-state index in [2.05, 4.69) is 12.2 Å². The molecule has 0 aliphatic heterocycles. The molecule has 1 amide bonds. The maximum Gasteiger partial charge on any atom is 0.255 e. The summed E-state index contributed by atoms with van der Waals surface area (Å²) in [7, 11) is 0. The van der Waals surface area contributed by atoms with E-state index >= 15 is 0 Å². The number of anilines is 1. The number of carbonyl (C=O) groups is 1. The Kier molecular flexibility index (Phi) is 6.18. The molecule has 0 aliphatic rings. The van der Waals surface area contributed by atoms with Crippen LogP contribution in [0, 0.1) is 0 Å². The first-order valence-corrected chi connectivity index (χ1v) is 7.92. The van der Waals surface area contributed by atoms with Crippen LogP contribution in [0.1, 0.15) is 48.7 Å². The van der Waals surface area contributed by atoms with E-state index in [1.807, 2.05) is 12.1 Å². The van der Waals surface area contributed by atoms with Crippen LogP contribution in [-0.4, -0.2) is 17.6 Å². The summed E-state index contributed by atoms with van der Waals surface area (Å²) in [5.41, 5.74) is 1.99. The zero-order valence-corrected chi connectivity index (χ0v) is 13.6. The van der Waals surface area contributed by atoms with Crippen LogP contribution >= 0.6 is 0 Å². The summed E-state index contributed by atoms with van der Waals surface area (Å²) in [6.07, 6.45) is 1.54. The zero-order valence-electron chi connectivity index (χ0n) is 13.6. The molecule has 0 aliphatic carbocycles. The topological polar surface area (TPSA) is 58.6 Å². The van der Waals surface area contributed by atoms with Crippen LogP contribution in [0.15, 0.2) is 48.5 Å². The number of ether oxygens (including phenoxy) is 1. The molecule has 0 aromatic heterocycles. The third-order valence-electron chi connectivity index (χ3n) is 3.51. The van der Waals surface area contributed by atoms with E-state index in [0.29, 0.717) is 17.9 Å². The minimum atomic E-state index is -0.564. The monoisotopic (exact) mass is 313 g/mol. The van der Waals surface area contributed by atoms with E-state index in [1.165, 1.54) is 0 Å². The van der Waals surface area contributed by atoms with E-state index in [9.17, 15) is 9.90 Å². The van der Waals surface area contributed by atoms with Crippen LogP contribution in [0.5, 0.6) is 5.75 Å². The van der Waals surface area contributed by atoms with Crippen molar-refractivity contribution in [1.29, 1.82) is 0 Å². The maximum absolute atomic E-state index is 12.3. The summed E-state index contributed by atoms with van der Waals surface area (Å²) < 4.78 is 5.58. The van der Waals surface area contributed by atoms with Crippen molar-refractivity contribution in [3.05, 3.63) is 59.7 Å². The summed E-state index contributed by atoms with van der Waals surface area (Å²) in [5, 5.41) is 12.4. The van der Waals surface area contributed by atoms with Gasteiger partial charge in [0.15, 0.2) is 0 Å². The van der Waals surface area contributed by atoms with Crippen molar-refractivity contribution >= 4 is 11.6 Å². The summed E-state index contributed by atoms with van der Waals surface area (Å²) in [6, 6.07) is 14.3. The molecule has 0 saturated carbocycles. The van der Waals surface area contributed by atoms with Gasteiger partial charge in [-0.15, -0.1) is 0 Å². The number of amides is 1. The molecular formula is C19H23NO3. The van der Waals surface area contributed by atoms with Crippen molar-refractivity contribution in [2.45, 2.75) is 32.8 Å². The number of benzene rings is 2. The lowest BCUT2D eigenvalue weighted by Crippen LogP contribution is -2.12. The molecule has 0 spiro atoms. The fraction of sp³-hybridized carbons (Fsp3) is 0.316. The molecule has 2 aromatic carbocycles. The van der Waals surface area contributed by atoms with Crippen molar-refractivity contribution in [2.75, 3.05) is 11.9 Å². The number of rotatable bonds is 7. The average molecular weight is 313 g/mol. The Hall–Kier alpha value is -2.33. The number of aliphatic hydroxyl groups is 1. The highest BCUT2D eigenvalue weighted by Crippen LogP contribution is 2.18. The SMILES string of the molecule is CCCCOc1ccc(C(=O)Nc2cccc([C@H](C)O)c2)cc1. The predicted octanol–water partition coefficient (Wildman–Crippen LogP) is 4.17. The third-order valence-corrected chi connectivity index (χ3v) is 3.51. The Morgan fingerprint density at radius 1 is 1.22 bits per heavy atom. The van der Waals surface area contributed by atoms with Gasteiger partial charge in [-0.3, -0.25) is 4.79 Å². The molecule has 1 atom stereocenters. The molecule has 0 fully saturated rings. The highest BCUT2D eigenvalue weighted by molar-refractivity contribution is 6.04. The minimum Gasteiger partial charge on any atom is -0.494 e. The van der Waals surface area contributed by atoms with Crippen LogP contribution in [0.4, 0.5) is 5.69 Å². The van der Waals surface area contributed by atoms with Crippen molar-refractivity contribution in [2.24, 2.45) is 0 Å². The number of hydrogen-bond donors (Lipinski definition) is 2. The van der Waals surface area contributed by atoms with Gasteiger partial charge in [-0.1, -0.05) is 25.5 Å². The van der Waals surface area contributed by atoms with Gasteiger partial charge in [0.25, 0.3) is 5.91 Å². The Morgan fingerprint density at radius 3 is 2.61 bits per heavy atom. The standard InChI is InChI=1S/C19H23NO3/c1-3-4-12-23-18-10-8-15(9-11-18)19(22)20-17-7-5-6-16(13-17)14(2)21/h5-11,13-14,21H,3-4,12H2,1-2H3,(H,20,22)/t14-/m0/s1. The minimum absolute atomic E-state index is 0.187. The molecule has 4 heteroatoms. The molecule has 4 nitrogen and oxygen atoms in total. The number of unbranched alkanes of at least 4 members (excludes halogenated alkanes) is 1. The van der Waals surface area contributed by atoms with E-state index in [1.54, 1.807) is 43.3 Å². The largest absolute Gasteiger partial charge is 0.494 e. The number of nitrogens with one attached hydrogen (secondary N) is 1. The molecular weight excluding hydrogens is 290 g/mol. The fourth-order valence-electron chi connectivity index (χ4n) is 2.12. The van der Waals surface area contributed by atoms with Gasteiger partial charge in [-0.25, -0.2) is 0 Å². The van der Waals surface area contributed by atoms with Crippen molar-refractivity contribution in [3.63, 3.8) is 0 Å². The molecule has 0 saturated heterocycles. The quantitative estimate of drug-likeness (QED) is 0.754. The smallest absolute Gasteiger partial charge is 0.255 e. The van der Waals surface area contributed by atoms with Gasteiger partial charge in [0, 0.05) is 11.3 Å². The lowest BCUT2D eigenvalue weighted by Gasteiger charge is -2.10. The summed E-state index contributed by atoms with van der Waals surface area (Å²) in [5.74, 6) is 0.582. The van der Waals surface area contributed by atoms with Crippen molar-refractivity contribution in [1.82, 2.24) is 0 Å². The van der Waals surface area contributed by atoms with Gasteiger partial charge in [-0.05, 0) is 55.3 Å². The Balaban J connectivity index is 1.99. The van der Waals surface area contributed by atoms with Gasteiger partial charge >= 0.3 is 0 Å². The fourth-order valence-corrected chi connectivity index (χ4v) is 2.12. The van der Waals surface area contributed by atoms with Crippen molar-refractivity contribution < 1.29 is 14.6 Å². The summed E-state index contributed by atoms with van der Waals surface area (Å²) >= 11 is 0. The van der Waals surface area contributed by atoms with Gasteiger partial charge in [0.05, 0.1) is 12.7 Å². The zero-order chi connectivity index (χ0) is 16.7. The molecule has 2 N–H and O–H groups in total. The first kappa shape index (κ1) is 17.0. The maximum atomic E-state index is 12.3.